The summed E-state index contributed by atoms with van der Waals surface area (Å²) in [7, 11) is 0. The molecule has 1 fully saturated rings. The number of aryl methyl sites for hydroxylation is 1. The van der Waals surface area contributed by atoms with Crippen LogP contribution >= 0.6 is 11.3 Å². The third kappa shape index (κ3) is 3.28. The Hall–Kier alpha value is -2.21. The summed E-state index contributed by atoms with van der Waals surface area (Å²) >= 11 is 1.27. The van der Waals surface area contributed by atoms with Crippen molar-refractivity contribution in [2.45, 2.75) is 19.8 Å². The number of amides is 2. The lowest BCUT2D eigenvalue weighted by Gasteiger charge is -2.05. The van der Waals surface area contributed by atoms with Crippen LogP contribution in [0.15, 0.2) is 30.5 Å². The summed E-state index contributed by atoms with van der Waals surface area (Å²) < 4.78 is 0. The van der Waals surface area contributed by atoms with Gasteiger partial charge in [0.2, 0.25) is 5.91 Å². The van der Waals surface area contributed by atoms with Crippen molar-refractivity contribution in [2.24, 2.45) is 5.92 Å². The molecule has 0 spiro atoms. The van der Waals surface area contributed by atoms with Crippen molar-refractivity contribution in [3.05, 3.63) is 40.9 Å². The van der Waals surface area contributed by atoms with Crippen LogP contribution in [0.4, 0.5) is 10.8 Å². The highest BCUT2D eigenvalue weighted by atomic mass is 32.1. The third-order valence-electron chi connectivity index (χ3n) is 3.27. The molecule has 0 radical (unpaired) electrons. The number of thiophene rings is 1. The molecule has 0 bridgehead atoms. The quantitative estimate of drug-likeness (QED) is 0.911. The van der Waals surface area contributed by atoms with E-state index in [0.717, 1.165) is 18.4 Å². The number of aromatic nitrogens is 1. The molecule has 0 aliphatic heterocycles. The minimum absolute atomic E-state index is 0.0457. The maximum Gasteiger partial charge on any atom is 0.266 e. The van der Waals surface area contributed by atoms with E-state index >= 15 is 0 Å². The molecule has 108 valence electrons. The molecule has 1 saturated carbocycles. The van der Waals surface area contributed by atoms with Crippen LogP contribution in [0.25, 0.3) is 0 Å². The van der Waals surface area contributed by atoms with Gasteiger partial charge in [-0.1, -0.05) is 6.07 Å². The molecule has 2 amide bonds. The molecule has 6 heteroatoms. The first-order valence-corrected chi connectivity index (χ1v) is 7.59. The monoisotopic (exact) mass is 301 g/mol. The second kappa shape index (κ2) is 5.65. The first-order valence-electron chi connectivity index (χ1n) is 6.77. The average Bonchev–Trinajstić information content (AvgIpc) is 3.22. The highest BCUT2D eigenvalue weighted by Crippen LogP contribution is 2.31. The molecular weight excluding hydrogens is 286 g/mol. The van der Waals surface area contributed by atoms with Gasteiger partial charge in [0.25, 0.3) is 5.91 Å². The SMILES string of the molecule is Cc1cccnc1NC(=O)c1ccc(NC(=O)C2CC2)s1. The fourth-order valence-corrected chi connectivity index (χ4v) is 2.69. The van der Waals surface area contributed by atoms with Crippen molar-refractivity contribution in [1.82, 2.24) is 4.98 Å². The van der Waals surface area contributed by atoms with Gasteiger partial charge in [0.15, 0.2) is 0 Å². The zero-order chi connectivity index (χ0) is 14.8. The summed E-state index contributed by atoms with van der Waals surface area (Å²) in [6.45, 7) is 1.89. The maximum atomic E-state index is 12.2. The number of carbonyl (C=O) groups excluding carboxylic acids is 2. The second-order valence-corrected chi connectivity index (χ2v) is 6.13. The highest BCUT2D eigenvalue weighted by molar-refractivity contribution is 7.18. The molecule has 21 heavy (non-hydrogen) atoms. The topological polar surface area (TPSA) is 71.1 Å². The van der Waals surface area contributed by atoms with Gasteiger partial charge < -0.3 is 10.6 Å². The molecule has 2 aromatic rings. The molecule has 2 N–H and O–H groups in total. The zero-order valence-corrected chi connectivity index (χ0v) is 12.4. The first kappa shape index (κ1) is 13.8. The largest absolute Gasteiger partial charge is 0.317 e. The summed E-state index contributed by atoms with van der Waals surface area (Å²) in [4.78, 5) is 28.5. The lowest BCUT2D eigenvalue weighted by molar-refractivity contribution is -0.117. The van der Waals surface area contributed by atoms with Gasteiger partial charge in [-0.3, -0.25) is 9.59 Å². The van der Waals surface area contributed by atoms with E-state index in [4.69, 9.17) is 0 Å². The van der Waals surface area contributed by atoms with Crippen molar-refractivity contribution in [3.63, 3.8) is 0 Å². The van der Waals surface area contributed by atoms with Gasteiger partial charge in [0.1, 0.15) is 5.82 Å². The van der Waals surface area contributed by atoms with Gasteiger partial charge in [-0.2, -0.15) is 0 Å². The second-order valence-electron chi connectivity index (χ2n) is 5.05. The minimum atomic E-state index is -0.214. The Balaban J connectivity index is 1.66. The summed E-state index contributed by atoms with van der Waals surface area (Å²) in [6.07, 6.45) is 3.56. The molecular formula is C15H15N3O2S. The minimum Gasteiger partial charge on any atom is -0.317 e. The van der Waals surface area contributed by atoms with Crippen molar-refractivity contribution in [1.29, 1.82) is 0 Å². The molecule has 2 heterocycles. The maximum absolute atomic E-state index is 12.2. The molecule has 0 saturated heterocycles. The van der Waals surface area contributed by atoms with E-state index in [0.29, 0.717) is 15.7 Å². The summed E-state index contributed by atoms with van der Waals surface area (Å²) in [5, 5.41) is 6.32. The van der Waals surface area contributed by atoms with E-state index in [2.05, 4.69) is 15.6 Å². The summed E-state index contributed by atoms with van der Waals surface area (Å²) in [5.74, 6) is 0.540. The Kier molecular flexibility index (Phi) is 3.70. The van der Waals surface area contributed by atoms with Gasteiger partial charge in [-0.15, -0.1) is 11.3 Å². The lowest BCUT2D eigenvalue weighted by Crippen LogP contribution is -2.13. The predicted molar refractivity (Wildman–Crippen MR) is 82.6 cm³/mol. The Morgan fingerprint density at radius 1 is 1.24 bits per heavy atom. The number of anilines is 2. The molecule has 0 unspecified atom stereocenters. The van der Waals surface area contributed by atoms with E-state index in [-0.39, 0.29) is 17.7 Å². The van der Waals surface area contributed by atoms with Gasteiger partial charge in [-0.25, -0.2) is 4.98 Å². The number of rotatable bonds is 4. The predicted octanol–water partition coefficient (Wildman–Crippen LogP) is 3.05. The number of hydrogen-bond acceptors (Lipinski definition) is 4. The van der Waals surface area contributed by atoms with E-state index in [1.165, 1.54) is 11.3 Å². The average molecular weight is 301 g/mol. The van der Waals surface area contributed by atoms with Gasteiger partial charge in [0.05, 0.1) is 9.88 Å². The smallest absolute Gasteiger partial charge is 0.266 e. The van der Waals surface area contributed by atoms with Crippen molar-refractivity contribution in [2.75, 3.05) is 10.6 Å². The van der Waals surface area contributed by atoms with Crippen LogP contribution in [0.2, 0.25) is 0 Å². The molecule has 1 aliphatic carbocycles. The van der Waals surface area contributed by atoms with Crippen molar-refractivity contribution < 1.29 is 9.59 Å². The Morgan fingerprint density at radius 2 is 2.05 bits per heavy atom. The highest BCUT2D eigenvalue weighted by Gasteiger charge is 2.29. The van der Waals surface area contributed by atoms with Crippen LogP contribution in [-0.4, -0.2) is 16.8 Å². The molecule has 5 nitrogen and oxygen atoms in total. The number of hydrogen-bond donors (Lipinski definition) is 2. The van der Waals surface area contributed by atoms with Gasteiger partial charge in [-0.05, 0) is 43.5 Å². The van der Waals surface area contributed by atoms with Crippen molar-refractivity contribution in [3.8, 4) is 0 Å². The zero-order valence-electron chi connectivity index (χ0n) is 11.6. The Bertz CT molecular complexity index is 692. The molecule has 0 aromatic carbocycles. The number of nitrogens with one attached hydrogen (secondary N) is 2. The van der Waals surface area contributed by atoms with Gasteiger partial charge in [0, 0.05) is 12.1 Å². The van der Waals surface area contributed by atoms with Crippen molar-refractivity contribution >= 4 is 34.0 Å². The number of carbonyl (C=O) groups is 2. The first-order chi connectivity index (χ1) is 10.1. The molecule has 3 rings (SSSR count). The number of pyridine rings is 1. The third-order valence-corrected chi connectivity index (χ3v) is 4.27. The van der Waals surface area contributed by atoms with Crippen LogP contribution < -0.4 is 10.6 Å². The van der Waals surface area contributed by atoms with E-state index in [1.54, 1.807) is 18.3 Å². The standard InChI is InChI=1S/C15H15N3O2S/c1-9-3-2-8-16-13(9)18-15(20)11-6-7-12(21-11)17-14(19)10-4-5-10/h2-3,6-8,10H,4-5H2,1H3,(H,17,19)(H,16,18,20). The van der Waals surface area contributed by atoms with Crippen LogP contribution in [0.3, 0.4) is 0 Å². The van der Waals surface area contributed by atoms with E-state index in [1.807, 2.05) is 19.1 Å². The van der Waals surface area contributed by atoms with Crippen LogP contribution in [0, 0.1) is 12.8 Å². The van der Waals surface area contributed by atoms with Crippen LogP contribution in [0.5, 0.6) is 0 Å². The summed E-state index contributed by atoms with van der Waals surface area (Å²) in [5.41, 5.74) is 0.907. The van der Waals surface area contributed by atoms with Crippen LogP contribution in [-0.2, 0) is 4.79 Å². The molecule has 2 aromatic heterocycles. The Labute approximate surface area is 126 Å². The molecule has 1 aliphatic rings. The normalized spacial score (nSPS) is 13.8. The summed E-state index contributed by atoms with van der Waals surface area (Å²) in [6, 6.07) is 7.17. The lowest BCUT2D eigenvalue weighted by atomic mass is 10.3. The van der Waals surface area contributed by atoms with E-state index in [9.17, 15) is 9.59 Å². The Morgan fingerprint density at radius 3 is 2.76 bits per heavy atom. The fraction of sp³-hybridized carbons (Fsp3) is 0.267. The number of nitrogens with zero attached hydrogens (tertiary/aromatic N) is 1. The van der Waals surface area contributed by atoms with Crippen LogP contribution in [0.1, 0.15) is 28.1 Å². The molecule has 0 atom stereocenters. The fourth-order valence-electron chi connectivity index (χ4n) is 1.88. The van der Waals surface area contributed by atoms with E-state index < -0.39 is 0 Å². The van der Waals surface area contributed by atoms with Gasteiger partial charge >= 0.3 is 0 Å².